The molecule has 7 heteroatoms. The first-order valence-electron chi connectivity index (χ1n) is 11.2. The Labute approximate surface area is 218 Å². The van der Waals surface area contributed by atoms with Crippen LogP contribution in [0.1, 0.15) is 16.7 Å². The van der Waals surface area contributed by atoms with Gasteiger partial charge in [0.1, 0.15) is 16.7 Å². The maximum atomic E-state index is 13.6. The van der Waals surface area contributed by atoms with Gasteiger partial charge in [-0.25, -0.2) is 0 Å². The first-order chi connectivity index (χ1) is 17.0. The number of nitrogens with one attached hydrogen (secondary N) is 1. The van der Waals surface area contributed by atoms with Crippen molar-refractivity contribution in [2.45, 2.75) is 25.0 Å². The van der Waals surface area contributed by atoms with Crippen LogP contribution in [0.3, 0.4) is 0 Å². The molecule has 3 aromatic rings. The van der Waals surface area contributed by atoms with Crippen molar-refractivity contribution in [3.8, 4) is 6.07 Å². The van der Waals surface area contributed by atoms with E-state index in [0.29, 0.717) is 30.1 Å². The van der Waals surface area contributed by atoms with Crippen LogP contribution in [0.5, 0.6) is 0 Å². The van der Waals surface area contributed by atoms with Crippen LogP contribution in [0.2, 0.25) is 0 Å². The number of nitrogens with zero attached hydrogens (tertiary/aromatic N) is 2. The van der Waals surface area contributed by atoms with E-state index in [0.717, 1.165) is 21.2 Å². The van der Waals surface area contributed by atoms with Crippen LogP contribution in [-0.2, 0) is 22.4 Å². The second kappa shape index (κ2) is 11.4. The molecular weight excluding hydrogens is 522 g/mol. The van der Waals surface area contributed by atoms with Crippen molar-refractivity contribution in [1.29, 1.82) is 5.26 Å². The maximum Gasteiger partial charge on any atom is 0.264 e. The van der Waals surface area contributed by atoms with Crippen LogP contribution in [0.15, 0.2) is 93.9 Å². The minimum absolute atomic E-state index is 0.0494. The fourth-order valence-electron chi connectivity index (χ4n) is 3.90. The smallest absolute Gasteiger partial charge is 0.264 e. The van der Waals surface area contributed by atoms with E-state index in [-0.39, 0.29) is 11.5 Å². The Balaban J connectivity index is 1.62. The highest BCUT2D eigenvalue weighted by molar-refractivity contribution is 9.10. The van der Waals surface area contributed by atoms with Gasteiger partial charge in [0.15, 0.2) is 0 Å². The molecule has 0 saturated carbocycles. The molecule has 1 fully saturated rings. The molecule has 0 aliphatic carbocycles. The summed E-state index contributed by atoms with van der Waals surface area (Å²) in [5.41, 5.74) is 3.84. The zero-order valence-corrected chi connectivity index (χ0v) is 21.6. The highest BCUT2D eigenvalue weighted by atomic mass is 79.9. The molecule has 5 nitrogen and oxygen atoms in total. The Kier molecular flexibility index (Phi) is 8.06. The predicted molar refractivity (Wildman–Crippen MR) is 144 cm³/mol. The van der Waals surface area contributed by atoms with Gasteiger partial charge >= 0.3 is 0 Å². The average Bonchev–Trinajstić information content (AvgIpc) is 3.17. The van der Waals surface area contributed by atoms with Gasteiger partial charge in [0.25, 0.3) is 5.91 Å². The van der Waals surface area contributed by atoms with Crippen LogP contribution < -0.4 is 10.2 Å². The Hall–Kier alpha value is -3.34. The number of amides is 2. The van der Waals surface area contributed by atoms with Gasteiger partial charge in [-0.3, -0.25) is 14.5 Å². The topological polar surface area (TPSA) is 73.2 Å². The molecule has 2 amide bonds. The minimum atomic E-state index is -0.475. The lowest BCUT2D eigenvalue weighted by Gasteiger charge is -2.19. The standard InChI is InChI=1S/C28H24BrN3O2S/c1-19-7-5-6-10-21(19)17-25-27(34)32(23-13-11-22(29)12-14-23)28(35-25)24(18-30)26(33)31-16-15-20-8-3-2-4-9-20/h2-14,25H,15-17H2,1H3,(H,31,33). The van der Waals surface area contributed by atoms with E-state index in [1.165, 1.54) is 16.7 Å². The molecule has 1 N–H and O–H groups in total. The summed E-state index contributed by atoms with van der Waals surface area (Å²) in [6.45, 7) is 2.41. The number of carbonyl (C=O) groups is 2. The van der Waals surface area contributed by atoms with Crippen LogP contribution in [-0.4, -0.2) is 23.6 Å². The van der Waals surface area contributed by atoms with Gasteiger partial charge < -0.3 is 5.32 Å². The lowest BCUT2D eigenvalue weighted by atomic mass is 10.0. The van der Waals surface area contributed by atoms with Crippen LogP contribution in [0.25, 0.3) is 0 Å². The Morgan fingerprint density at radius 1 is 1.06 bits per heavy atom. The van der Waals surface area contributed by atoms with Crippen molar-refractivity contribution in [2.75, 3.05) is 11.4 Å². The number of benzene rings is 3. The summed E-state index contributed by atoms with van der Waals surface area (Å²) in [5, 5.41) is 12.7. The van der Waals surface area contributed by atoms with E-state index in [1.807, 2.05) is 73.7 Å². The summed E-state index contributed by atoms with van der Waals surface area (Å²) in [4.78, 5) is 28.1. The van der Waals surface area contributed by atoms with Crippen LogP contribution in [0.4, 0.5) is 5.69 Å². The summed E-state index contributed by atoms with van der Waals surface area (Å²) >= 11 is 4.71. The number of hydrogen-bond acceptors (Lipinski definition) is 4. The first-order valence-corrected chi connectivity index (χ1v) is 12.9. The first kappa shape index (κ1) is 24.8. The summed E-state index contributed by atoms with van der Waals surface area (Å²) in [6.07, 6.45) is 1.17. The zero-order chi connectivity index (χ0) is 24.8. The second-order valence-corrected chi connectivity index (χ2v) is 10.3. The molecule has 0 spiro atoms. The average molecular weight is 546 g/mol. The molecule has 0 radical (unpaired) electrons. The van der Waals surface area contributed by atoms with Crippen LogP contribution >= 0.6 is 27.7 Å². The molecule has 1 heterocycles. The third-order valence-corrected chi connectivity index (χ3v) is 7.59. The Morgan fingerprint density at radius 2 is 1.74 bits per heavy atom. The fourth-order valence-corrected chi connectivity index (χ4v) is 5.46. The van der Waals surface area contributed by atoms with Crippen molar-refractivity contribution in [2.24, 2.45) is 0 Å². The fraction of sp³-hybridized carbons (Fsp3) is 0.179. The third kappa shape index (κ3) is 5.84. The largest absolute Gasteiger partial charge is 0.351 e. The van der Waals surface area contributed by atoms with Gasteiger partial charge in [-0.2, -0.15) is 5.26 Å². The summed E-state index contributed by atoms with van der Waals surface area (Å²) in [6, 6.07) is 27.1. The van der Waals surface area contributed by atoms with Crippen molar-refractivity contribution in [3.63, 3.8) is 0 Å². The van der Waals surface area contributed by atoms with Gasteiger partial charge in [-0.15, -0.1) is 0 Å². The molecular formula is C28H24BrN3O2S. The number of nitriles is 1. The highest BCUT2D eigenvalue weighted by Gasteiger charge is 2.40. The summed E-state index contributed by atoms with van der Waals surface area (Å²) < 4.78 is 0.877. The number of halogens is 1. The summed E-state index contributed by atoms with van der Waals surface area (Å²) in [5.74, 6) is -0.613. The van der Waals surface area contributed by atoms with Crippen molar-refractivity contribution < 1.29 is 9.59 Å². The van der Waals surface area contributed by atoms with E-state index in [4.69, 9.17) is 0 Å². The normalized spacial score (nSPS) is 16.7. The van der Waals surface area contributed by atoms with E-state index in [1.54, 1.807) is 12.1 Å². The van der Waals surface area contributed by atoms with Gasteiger partial charge in [-0.1, -0.05) is 82.3 Å². The van der Waals surface area contributed by atoms with E-state index < -0.39 is 11.2 Å². The molecule has 3 aromatic carbocycles. The number of hydrogen-bond donors (Lipinski definition) is 1. The lowest BCUT2D eigenvalue weighted by molar-refractivity contribution is -0.117. The van der Waals surface area contributed by atoms with E-state index in [2.05, 4.69) is 27.3 Å². The quantitative estimate of drug-likeness (QED) is 0.312. The number of aryl methyl sites for hydroxylation is 1. The molecule has 0 aromatic heterocycles. The SMILES string of the molecule is Cc1ccccc1CC1SC(=C(C#N)C(=O)NCCc2ccccc2)N(c2ccc(Br)cc2)C1=O. The van der Waals surface area contributed by atoms with Gasteiger partial charge in [0, 0.05) is 16.7 Å². The van der Waals surface area contributed by atoms with Crippen molar-refractivity contribution >= 4 is 45.2 Å². The third-order valence-electron chi connectivity index (χ3n) is 5.80. The Bertz CT molecular complexity index is 1300. The molecule has 1 aliphatic rings. The minimum Gasteiger partial charge on any atom is -0.351 e. The second-order valence-electron chi connectivity index (χ2n) is 8.17. The zero-order valence-electron chi connectivity index (χ0n) is 19.2. The molecule has 176 valence electrons. The number of carbonyl (C=O) groups excluding carboxylic acids is 2. The predicted octanol–water partition coefficient (Wildman–Crippen LogP) is 5.54. The monoisotopic (exact) mass is 545 g/mol. The molecule has 0 bridgehead atoms. The van der Waals surface area contributed by atoms with Gasteiger partial charge in [-0.05, 0) is 60.7 Å². The number of rotatable bonds is 7. The van der Waals surface area contributed by atoms with Gasteiger partial charge in [0.05, 0.1) is 5.25 Å². The van der Waals surface area contributed by atoms with Gasteiger partial charge in [0.2, 0.25) is 5.91 Å². The number of anilines is 1. The van der Waals surface area contributed by atoms with Crippen molar-refractivity contribution in [3.05, 3.63) is 111 Å². The highest BCUT2D eigenvalue weighted by Crippen LogP contribution is 2.42. The van der Waals surface area contributed by atoms with E-state index >= 15 is 0 Å². The Morgan fingerprint density at radius 3 is 2.43 bits per heavy atom. The summed E-state index contributed by atoms with van der Waals surface area (Å²) in [7, 11) is 0. The number of thioether (sulfide) groups is 1. The van der Waals surface area contributed by atoms with Crippen LogP contribution in [0, 0.1) is 18.3 Å². The molecule has 1 unspecified atom stereocenters. The van der Waals surface area contributed by atoms with E-state index in [9.17, 15) is 14.9 Å². The molecule has 1 aliphatic heterocycles. The molecule has 4 rings (SSSR count). The van der Waals surface area contributed by atoms with Crippen molar-refractivity contribution in [1.82, 2.24) is 5.32 Å². The molecule has 1 atom stereocenters. The maximum absolute atomic E-state index is 13.6. The lowest BCUT2D eigenvalue weighted by Crippen LogP contribution is -2.32. The molecule has 1 saturated heterocycles. The molecule has 35 heavy (non-hydrogen) atoms.